The van der Waals surface area contributed by atoms with Crippen LogP contribution in [0.3, 0.4) is 0 Å². The molecule has 1 N–H and O–H groups in total. The first-order valence-electron chi connectivity index (χ1n) is 5.06. The van der Waals surface area contributed by atoms with Crippen LogP contribution >= 0.6 is 47.8 Å². The summed E-state index contributed by atoms with van der Waals surface area (Å²) in [5.74, 6) is 0. The van der Waals surface area contributed by atoms with Crippen molar-refractivity contribution in [3.8, 4) is 0 Å². The van der Waals surface area contributed by atoms with E-state index in [1.54, 1.807) is 11.3 Å². The van der Waals surface area contributed by atoms with E-state index in [0.29, 0.717) is 5.02 Å². The van der Waals surface area contributed by atoms with Gasteiger partial charge in [-0.15, -0.1) is 36.2 Å². The first kappa shape index (κ1) is 17.4. The molecular weight excluding hydrogens is 306 g/mol. The molecular formula is C10H16Cl3FN2S. The van der Waals surface area contributed by atoms with Crippen LogP contribution in [0, 0.1) is 0 Å². The molecule has 17 heavy (non-hydrogen) atoms. The van der Waals surface area contributed by atoms with Crippen molar-refractivity contribution in [2.24, 2.45) is 0 Å². The van der Waals surface area contributed by atoms with E-state index in [1.165, 1.54) is 0 Å². The van der Waals surface area contributed by atoms with Crippen molar-refractivity contribution in [3.05, 3.63) is 21.3 Å². The molecule has 1 atom stereocenters. The van der Waals surface area contributed by atoms with Crippen LogP contribution < -0.4 is 5.32 Å². The monoisotopic (exact) mass is 320 g/mol. The van der Waals surface area contributed by atoms with Crippen LogP contribution in [0.1, 0.15) is 10.9 Å². The van der Waals surface area contributed by atoms with Crippen molar-refractivity contribution in [2.45, 2.75) is 6.04 Å². The third kappa shape index (κ3) is 4.23. The normalized spacial score (nSPS) is 18.0. The zero-order valence-electron chi connectivity index (χ0n) is 9.20. The van der Waals surface area contributed by atoms with Crippen LogP contribution in [0.15, 0.2) is 11.4 Å². The average molecular weight is 322 g/mol. The second-order valence-corrected chi connectivity index (χ2v) is 4.94. The van der Waals surface area contributed by atoms with E-state index in [4.69, 9.17) is 11.6 Å². The fourth-order valence-electron chi connectivity index (χ4n) is 1.87. The number of alkyl halides is 1. The quantitative estimate of drug-likeness (QED) is 0.920. The molecule has 0 radical (unpaired) electrons. The smallest absolute Gasteiger partial charge is 0.110 e. The van der Waals surface area contributed by atoms with E-state index < -0.39 is 0 Å². The van der Waals surface area contributed by atoms with Crippen molar-refractivity contribution < 1.29 is 4.39 Å². The van der Waals surface area contributed by atoms with Gasteiger partial charge in [0.2, 0.25) is 0 Å². The summed E-state index contributed by atoms with van der Waals surface area (Å²) in [6, 6.07) is 1.69. The van der Waals surface area contributed by atoms with Gasteiger partial charge in [-0.1, -0.05) is 11.6 Å². The number of nitrogens with zero attached hydrogens (tertiary/aromatic N) is 1. The lowest BCUT2D eigenvalue weighted by Crippen LogP contribution is -2.45. The van der Waals surface area contributed by atoms with E-state index in [-0.39, 0.29) is 37.5 Å². The minimum absolute atomic E-state index is 0. The summed E-state index contributed by atoms with van der Waals surface area (Å²) in [4.78, 5) is 3.12. The Morgan fingerprint density at radius 1 is 1.41 bits per heavy atom. The second-order valence-electron chi connectivity index (χ2n) is 3.59. The number of piperazine rings is 1. The van der Waals surface area contributed by atoms with Crippen molar-refractivity contribution >= 4 is 47.8 Å². The highest BCUT2D eigenvalue weighted by atomic mass is 35.5. The van der Waals surface area contributed by atoms with Gasteiger partial charge in [-0.05, 0) is 11.4 Å². The summed E-state index contributed by atoms with van der Waals surface area (Å²) >= 11 is 7.58. The standard InChI is InChI=1S/C10H14ClFN2S.2ClH/c11-8-1-6-15-10(8)9(7-12)14-4-2-13-3-5-14;;/h1,6,9,13H,2-5,7H2;2*1H/t9-;;/m1../s1. The van der Waals surface area contributed by atoms with Gasteiger partial charge in [0, 0.05) is 31.1 Å². The van der Waals surface area contributed by atoms with E-state index >= 15 is 0 Å². The predicted octanol–water partition coefficient (Wildman–Crippen LogP) is 3.16. The highest BCUT2D eigenvalue weighted by molar-refractivity contribution is 7.10. The molecule has 1 fully saturated rings. The summed E-state index contributed by atoms with van der Waals surface area (Å²) in [6.07, 6.45) is 0. The Bertz CT molecular complexity index is 318. The van der Waals surface area contributed by atoms with Gasteiger partial charge >= 0.3 is 0 Å². The summed E-state index contributed by atoms with van der Waals surface area (Å²) in [5.41, 5.74) is 0. The first-order chi connectivity index (χ1) is 7.33. The van der Waals surface area contributed by atoms with Crippen LogP contribution in [-0.2, 0) is 0 Å². The molecule has 1 aliphatic rings. The summed E-state index contributed by atoms with van der Waals surface area (Å²) in [5, 5.41) is 5.87. The number of hydrogen-bond donors (Lipinski definition) is 1. The Balaban J connectivity index is 0.00000128. The number of hydrogen-bond acceptors (Lipinski definition) is 3. The van der Waals surface area contributed by atoms with Crippen LogP contribution in [0.5, 0.6) is 0 Å². The van der Waals surface area contributed by atoms with E-state index in [9.17, 15) is 4.39 Å². The molecule has 1 aliphatic heterocycles. The first-order valence-corrected chi connectivity index (χ1v) is 6.32. The molecule has 0 aromatic carbocycles. The molecule has 1 aromatic rings. The Kier molecular flexibility index (Phi) is 8.72. The lowest BCUT2D eigenvalue weighted by atomic mass is 10.2. The van der Waals surface area contributed by atoms with E-state index in [1.807, 2.05) is 11.4 Å². The lowest BCUT2D eigenvalue weighted by molar-refractivity contribution is 0.150. The Hall–Kier alpha value is 0.420. The maximum atomic E-state index is 13.1. The molecule has 7 heteroatoms. The van der Waals surface area contributed by atoms with Gasteiger partial charge in [0.15, 0.2) is 0 Å². The predicted molar refractivity (Wildman–Crippen MR) is 77.0 cm³/mol. The van der Waals surface area contributed by atoms with Crippen molar-refractivity contribution in [1.29, 1.82) is 0 Å². The lowest BCUT2D eigenvalue weighted by Gasteiger charge is -2.33. The van der Waals surface area contributed by atoms with Gasteiger partial charge in [-0.3, -0.25) is 4.90 Å². The molecule has 0 aliphatic carbocycles. The van der Waals surface area contributed by atoms with Crippen LogP contribution in [-0.4, -0.2) is 37.8 Å². The molecule has 0 amide bonds. The van der Waals surface area contributed by atoms with Crippen LogP contribution in [0.4, 0.5) is 4.39 Å². The molecule has 1 saturated heterocycles. The maximum absolute atomic E-state index is 13.1. The van der Waals surface area contributed by atoms with Gasteiger partial charge < -0.3 is 5.32 Å². The topological polar surface area (TPSA) is 15.3 Å². The van der Waals surface area contributed by atoms with Crippen molar-refractivity contribution in [3.63, 3.8) is 0 Å². The minimum Gasteiger partial charge on any atom is -0.314 e. The highest BCUT2D eigenvalue weighted by Crippen LogP contribution is 2.32. The maximum Gasteiger partial charge on any atom is 0.110 e. The molecule has 2 heterocycles. The van der Waals surface area contributed by atoms with Crippen LogP contribution in [0.2, 0.25) is 5.02 Å². The van der Waals surface area contributed by atoms with Gasteiger partial charge in [-0.25, -0.2) is 4.39 Å². The number of nitrogens with one attached hydrogen (secondary N) is 1. The third-order valence-corrected chi connectivity index (χ3v) is 4.15. The number of halogens is 4. The number of rotatable bonds is 3. The van der Waals surface area contributed by atoms with Gasteiger partial charge in [0.25, 0.3) is 0 Å². The summed E-state index contributed by atoms with van der Waals surface area (Å²) in [7, 11) is 0. The SMILES string of the molecule is Cl.Cl.FC[C@H](c1sccc1Cl)N1CCNCC1. The molecule has 1 aromatic heterocycles. The molecule has 0 unspecified atom stereocenters. The van der Waals surface area contributed by atoms with Gasteiger partial charge in [0.1, 0.15) is 6.67 Å². The van der Waals surface area contributed by atoms with E-state index in [2.05, 4.69) is 10.2 Å². The summed E-state index contributed by atoms with van der Waals surface area (Å²) < 4.78 is 13.1. The van der Waals surface area contributed by atoms with Crippen molar-refractivity contribution in [2.75, 3.05) is 32.9 Å². The summed E-state index contributed by atoms with van der Waals surface area (Å²) in [6.45, 7) is 3.28. The average Bonchev–Trinajstić information content (AvgIpc) is 2.68. The Morgan fingerprint density at radius 2 is 2.06 bits per heavy atom. The fourth-order valence-corrected chi connectivity index (χ4v) is 3.17. The molecule has 100 valence electrons. The molecule has 2 nitrogen and oxygen atoms in total. The zero-order chi connectivity index (χ0) is 10.7. The highest BCUT2D eigenvalue weighted by Gasteiger charge is 2.24. The molecule has 0 spiro atoms. The van der Waals surface area contributed by atoms with Gasteiger partial charge in [-0.2, -0.15) is 0 Å². The Labute approximate surface area is 122 Å². The largest absolute Gasteiger partial charge is 0.314 e. The molecule has 0 saturated carbocycles. The Morgan fingerprint density at radius 3 is 2.53 bits per heavy atom. The fraction of sp³-hybridized carbons (Fsp3) is 0.600. The second kappa shape index (κ2) is 8.51. The zero-order valence-corrected chi connectivity index (χ0v) is 12.4. The molecule has 0 bridgehead atoms. The molecule has 2 rings (SSSR count). The minimum atomic E-state index is -0.361. The van der Waals surface area contributed by atoms with E-state index in [0.717, 1.165) is 31.1 Å². The van der Waals surface area contributed by atoms with Crippen LogP contribution in [0.25, 0.3) is 0 Å². The third-order valence-electron chi connectivity index (χ3n) is 2.69. The van der Waals surface area contributed by atoms with Crippen molar-refractivity contribution in [1.82, 2.24) is 10.2 Å². The number of thiophene rings is 1. The van der Waals surface area contributed by atoms with Gasteiger partial charge in [0.05, 0.1) is 11.1 Å².